The number of nitrogens with one attached hydrogen (secondary N) is 1. The molecule has 7 nitrogen and oxygen atoms in total. The number of carbonyl (C=O) groups excluding carboxylic acids is 1. The molecule has 2 fully saturated rings. The van der Waals surface area contributed by atoms with Crippen molar-refractivity contribution in [3.8, 4) is 10.7 Å². The number of nitrogens with zero attached hydrogens (tertiary/aromatic N) is 4. The molecule has 8 heteroatoms. The molecule has 26 heavy (non-hydrogen) atoms. The van der Waals surface area contributed by atoms with Crippen LogP contribution < -0.4 is 5.32 Å². The lowest BCUT2D eigenvalue weighted by Crippen LogP contribution is -2.54. The minimum Gasteiger partial charge on any atom is -0.340 e. The van der Waals surface area contributed by atoms with E-state index in [1.807, 2.05) is 22.4 Å². The van der Waals surface area contributed by atoms with Crippen LogP contribution >= 0.6 is 11.3 Å². The number of hydrogen-bond donors (Lipinski definition) is 1. The first-order valence-electron chi connectivity index (χ1n) is 9.24. The number of hydrogen-bond acceptors (Lipinski definition) is 7. The molecule has 4 rings (SSSR count). The fourth-order valence-corrected chi connectivity index (χ4v) is 4.20. The topological polar surface area (TPSA) is 74.5 Å². The van der Waals surface area contributed by atoms with Crippen molar-refractivity contribution in [2.45, 2.75) is 19.9 Å². The fourth-order valence-electron chi connectivity index (χ4n) is 3.55. The Morgan fingerprint density at radius 2 is 2.08 bits per heavy atom. The summed E-state index contributed by atoms with van der Waals surface area (Å²) in [5.41, 5.74) is 0. The molecule has 2 aromatic rings. The zero-order valence-corrected chi connectivity index (χ0v) is 16.0. The van der Waals surface area contributed by atoms with Gasteiger partial charge in [0, 0.05) is 32.1 Å². The van der Waals surface area contributed by atoms with E-state index in [1.54, 1.807) is 11.3 Å². The summed E-state index contributed by atoms with van der Waals surface area (Å²) in [5, 5.41) is 9.36. The van der Waals surface area contributed by atoms with E-state index in [1.165, 1.54) is 0 Å². The SMILES string of the molecule is CC(C(=O)N1CCN(C(C)c2nc(-c3cccs3)no2)CC1)C1CNC1. The van der Waals surface area contributed by atoms with Gasteiger partial charge in [0.1, 0.15) is 0 Å². The molecule has 2 aromatic heterocycles. The maximum absolute atomic E-state index is 12.7. The van der Waals surface area contributed by atoms with Gasteiger partial charge < -0.3 is 14.7 Å². The Morgan fingerprint density at radius 3 is 2.69 bits per heavy atom. The van der Waals surface area contributed by atoms with E-state index < -0.39 is 0 Å². The molecule has 0 spiro atoms. The second-order valence-corrected chi connectivity index (χ2v) is 8.13. The molecule has 0 aromatic carbocycles. The number of thiophene rings is 1. The van der Waals surface area contributed by atoms with Crippen LogP contribution in [0, 0.1) is 11.8 Å². The Kier molecular flexibility index (Phi) is 5.06. The lowest BCUT2D eigenvalue weighted by atomic mass is 9.88. The lowest BCUT2D eigenvalue weighted by Gasteiger charge is -2.40. The van der Waals surface area contributed by atoms with E-state index in [2.05, 4.69) is 34.2 Å². The molecular weight excluding hydrogens is 350 g/mol. The first-order valence-corrected chi connectivity index (χ1v) is 10.1. The van der Waals surface area contributed by atoms with Gasteiger partial charge in [-0.25, -0.2) is 0 Å². The highest BCUT2D eigenvalue weighted by Gasteiger charge is 2.34. The molecule has 0 aliphatic carbocycles. The molecule has 140 valence electrons. The van der Waals surface area contributed by atoms with Crippen molar-refractivity contribution in [3.63, 3.8) is 0 Å². The third-order valence-electron chi connectivity index (χ3n) is 5.62. The second-order valence-electron chi connectivity index (χ2n) is 7.18. The largest absolute Gasteiger partial charge is 0.340 e. The lowest BCUT2D eigenvalue weighted by molar-refractivity contribution is -0.139. The van der Waals surface area contributed by atoms with Crippen LogP contribution in [-0.4, -0.2) is 65.1 Å². The van der Waals surface area contributed by atoms with E-state index in [-0.39, 0.29) is 12.0 Å². The van der Waals surface area contributed by atoms with Gasteiger partial charge in [-0.2, -0.15) is 4.98 Å². The van der Waals surface area contributed by atoms with Crippen molar-refractivity contribution < 1.29 is 9.32 Å². The summed E-state index contributed by atoms with van der Waals surface area (Å²) in [6.07, 6.45) is 0. The highest BCUT2D eigenvalue weighted by atomic mass is 32.1. The van der Waals surface area contributed by atoms with Crippen LogP contribution in [0.2, 0.25) is 0 Å². The van der Waals surface area contributed by atoms with Crippen LogP contribution in [0.3, 0.4) is 0 Å². The van der Waals surface area contributed by atoms with Gasteiger partial charge in [-0.1, -0.05) is 18.1 Å². The Hall–Kier alpha value is -1.77. The van der Waals surface area contributed by atoms with Crippen molar-refractivity contribution in [2.75, 3.05) is 39.3 Å². The van der Waals surface area contributed by atoms with Gasteiger partial charge in [-0.05, 0) is 37.4 Å². The van der Waals surface area contributed by atoms with Gasteiger partial charge in [-0.15, -0.1) is 11.3 Å². The number of carbonyl (C=O) groups is 1. The average molecular weight is 375 g/mol. The van der Waals surface area contributed by atoms with Crippen molar-refractivity contribution in [3.05, 3.63) is 23.4 Å². The van der Waals surface area contributed by atoms with E-state index in [0.717, 1.165) is 44.1 Å². The van der Waals surface area contributed by atoms with Crippen molar-refractivity contribution >= 4 is 17.2 Å². The molecule has 1 N–H and O–H groups in total. The van der Waals surface area contributed by atoms with Gasteiger partial charge in [0.15, 0.2) is 0 Å². The second kappa shape index (κ2) is 7.46. The van der Waals surface area contributed by atoms with Gasteiger partial charge in [-0.3, -0.25) is 9.69 Å². The zero-order chi connectivity index (χ0) is 18.1. The highest BCUT2D eigenvalue weighted by Crippen LogP contribution is 2.26. The Morgan fingerprint density at radius 1 is 1.31 bits per heavy atom. The Labute approximate surface area is 157 Å². The smallest absolute Gasteiger partial charge is 0.244 e. The minimum absolute atomic E-state index is 0.0571. The quantitative estimate of drug-likeness (QED) is 0.860. The standard InChI is InChI=1S/C18H25N5O2S/c1-12(14-10-19-11-14)18(24)23-7-5-22(6-8-23)13(2)17-20-16(21-25-17)15-4-3-9-26-15/h3-4,9,12-14,19H,5-8,10-11H2,1-2H3. The molecule has 4 heterocycles. The fraction of sp³-hybridized carbons (Fsp3) is 0.611. The summed E-state index contributed by atoms with van der Waals surface area (Å²) < 4.78 is 5.49. The van der Waals surface area contributed by atoms with Crippen LogP contribution in [0.4, 0.5) is 0 Å². The van der Waals surface area contributed by atoms with Crippen molar-refractivity contribution in [2.24, 2.45) is 11.8 Å². The van der Waals surface area contributed by atoms with Crippen LogP contribution in [0.15, 0.2) is 22.0 Å². The predicted molar refractivity (Wildman–Crippen MR) is 99.7 cm³/mol. The van der Waals surface area contributed by atoms with Crippen molar-refractivity contribution in [1.82, 2.24) is 25.3 Å². The predicted octanol–water partition coefficient (Wildman–Crippen LogP) is 1.86. The molecule has 0 radical (unpaired) electrons. The highest BCUT2D eigenvalue weighted by molar-refractivity contribution is 7.13. The zero-order valence-electron chi connectivity index (χ0n) is 15.2. The maximum atomic E-state index is 12.7. The molecule has 2 unspecified atom stereocenters. The average Bonchev–Trinajstić information content (AvgIpc) is 3.30. The third-order valence-corrected chi connectivity index (χ3v) is 6.49. The van der Waals surface area contributed by atoms with Crippen molar-refractivity contribution in [1.29, 1.82) is 0 Å². The summed E-state index contributed by atoms with van der Waals surface area (Å²) >= 11 is 1.60. The number of piperazine rings is 1. The summed E-state index contributed by atoms with van der Waals surface area (Å²) in [6.45, 7) is 9.28. The van der Waals surface area contributed by atoms with Crippen LogP contribution in [0.5, 0.6) is 0 Å². The van der Waals surface area contributed by atoms with E-state index in [9.17, 15) is 4.79 Å². The molecule has 1 amide bonds. The summed E-state index contributed by atoms with van der Waals surface area (Å²) in [7, 11) is 0. The van der Waals surface area contributed by atoms with E-state index in [4.69, 9.17) is 4.52 Å². The normalized spacial score (nSPS) is 21.4. The molecule has 2 saturated heterocycles. The van der Waals surface area contributed by atoms with Gasteiger partial charge in [0.2, 0.25) is 17.6 Å². The first kappa shape index (κ1) is 17.6. The van der Waals surface area contributed by atoms with E-state index in [0.29, 0.717) is 23.5 Å². The van der Waals surface area contributed by atoms with Crippen LogP contribution in [-0.2, 0) is 4.79 Å². The molecule has 0 saturated carbocycles. The summed E-state index contributed by atoms with van der Waals surface area (Å²) in [5.74, 6) is 2.19. The monoisotopic (exact) mass is 375 g/mol. The summed E-state index contributed by atoms with van der Waals surface area (Å²) in [4.78, 5) is 22.5. The minimum atomic E-state index is 0.0571. The number of rotatable bonds is 5. The maximum Gasteiger partial charge on any atom is 0.244 e. The number of aromatic nitrogens is 2. The van der Waals surface area contributed by atoms with Gasteiger partial charge in [0.25, 0.3) is 0 Å². The molecule has 2 aliphatic rings. The molecule has 2 atom stereocenters. The molecule has 2 aliphatic heterocycles. The van der Waals surface area contributed by atoms with E-state index >= 15 is 0 Å². The Balaban J connectivity index is 1.33. The van der Waals surface area contributed by atoms with Crippen LogP contribution in [0.1, 0.15) is 25.8 Å². The first-order chi connectivity index (χ1) is 12.6. The van der Waals surface area contributed by atoms with Crippen LogP contribution in [0.25, 0.3) is 10.7 Å². The summed E-state index contributed by atoms with van der Waals surface area (Å²) in [6, 6.07) is 4.03. The van der Waals surface area contributed by atoms with Gasteiger partial charge in [0.05, 0.1) is 10.9 Å². The number of amides is 1. The Bertz CT molecular complexity index is 735. The molecule has 0 bridgehead atoms. The van der Waals surface area contributed by atoms with Gasteiger partial charge >= 0.3 is 0 Å². The molecular formula is C18H25N5O2S. The third kappa shape index (κ3) is 3.41.